The standard InChI is InChI=1S/C16H18O/c1-11(17)8-15-10-16(15)14-7-6-12-4-2-3-5-13(12)9-14/h2-7,9,11,15-17H,8,10H2,1H3/t11-,15-,16?/m0/s1. The van der Waals surface area contributed by atoms with Gasteiger partial charge in [0.1, 0.15) is 0 Å². The van der Waals surface area contributed by atoms with E-state index < -0.39 is 0 Å². The van der Waals surface area contributed by atoms with Crippen molar-refractivity contribution in [1.29, 1.82) is 0 Å². The van der Waals surface area contributed by atoms with Crippen LogP contribution in [0.15, 0.2) is 42.5 Å². The highest BCUT2D eigenvalue weighted by Crippen LogP contribution is 2.50. The van der Waals surface area contributed by atoms with Crippen LogP contribution in [0.4, 0.5) is 0 Å². The Bertz CT molecular complexity index is 530. The summed E-state index contributed by atoms with van der Waals surface area (Å²) in [4.78, 5) is 0. The maximum atomic E-state index is 9.40. The Morgan fingerprint density at radius 3 is 2.71 bits per heavy atom. The van der Waals surface area contributed by atoms with Gasteiger partial charge in [-0.25, -0.2) is 0 Å². The van der Waals surface area contributed by atoms with Crippen molar-refractivity contribution in [2.24, 2.45) is 5.92 Å². The largest absolute Gasteiger partial charge is 0.393 e. The molecule has 1 heteroatoms. The topological polar surface area (TPSA) is 20.2 Å². The molecule has 1 fully saturated rings. The Labute approximate surface area is 102 Å². The van der Waals surface area contributed by atoms with Crippen molar-refractivity contribution in [3.8, 4) is 0 Å². The Hall–Kier alpha value is -1.34. The summed E-state index contributed by atoms with van der Waals surface area (Å²) in [5.74, 6) is 1.37. The van der Waals surface area contributed by atoms with Crippen LogP contribution in [-0.4, -0.2) is 11.2 Å². The third-order valence-electron chi connectivity index (χ3n) is 3.77. The molecule has 1 aliphatic rings. The summed E-state index contributed by atoms with van der Waals surface area (Å²) >= 11 is 0. The van der Waals surface area contributed by atoms with E-state index in [-0.39, 0.29) is 6.10 Å². The summed E-state index contributed by atoms with van der Waals surface area (Å²) in [6.07, 6.45) is 2.02. The van der Waals surface area contributed by atoms with Crippen molar-refractivity contribution in [2.45, 2.75) is 31.8 Å². The van der Waals surface area contributed by atoms with Gasteiger partial charge < -0.3 is 5.11 Å². The molecule has 2 aromatic carbocycles. The average Bonchev–Trinajstić information content (AvgIpc) is 3.07. The normalized spacial score (nSPS) is 24.8. The van der Waals surface area contributed by atoms with Crippen molar-refractivity contribution in [3.05, 3.63) is 48.0 Å². The van der Waals surface area contributed by atoms with Gasteiger partial charge in [-0.2, -0.15) is 0 Å². The SMILES string of the molecule is C[C@H](O)C[C@H]1CC1c1ccc2ccccc2c1. The summed E-state index contributed by atoms with van der Waals surface area (Å²) < 4.78 is 0. The lowest BCUT2D eigenvalue weighted by molar-refractivity contribution is 0.176. The fourth-order valence-corrected chi connectivity index (χ4v) is 2.79. The minimum Gasteiger partial charge on any atom is -0.393 e. The highest BCUT2D eigenvalue weighted by molar-refractivity contribution is 5.83. The van der Waals surface area contributed by atoms with Crippen LogP contribution in [0.3, 0.4) is 0 Å². The molecule has 0 heterocycles. The third kappa shape index (κ3) is 2.20. The van der Waals surface area contributed by atoms with E-state index in [1.54, 1.807) is 0 Å². The first-order valence-corrected chi connectivity index (χ1v) is 6.41. The summed E-state index contributed by atoms with van der Waals surface area (Å²) in [7, 11) is 0. The number of aliphatic hydroxyl groups excluding tert-OH is 1. The van der Waals surface area contributed by atoms with Gasteiger partial charge in [-0.1, -0.05) is 42.5 Å². The van der Waals surface area contributed by atoms with E-state index in [1.165, 1.54) is 22.8 Å². The highest BCUT2D eigenvalue weighted by Gasteiger charge is 2.38. The number of rotatable bonds is 3. The van der Waals surface area contributed by atoms with Gasteiger partial charge in [0.05, 0.1) is 6.10 Å². The maximum Gasteiger partial charge on any atom is 0.0515 e. The molecule has 0 radical (unpaired) electrons. The molecule has 2 aromatic rings. The number of hydrogen-bond acceptors (Lipinski definition) is 1. The minimum atomic E-state index is -0.162. The van der Waals surface area contributed by atoms with Gasteiger partial charge in [-0.15, -0.1) is 0 Å². The number of benzene rings is 2. The summed E-state index contributed by atoms with van der Waals surface area (Å²) in [6, 6.07) is 15.3. The van der Waals surface area contributed by atoms with Gasteiger partial charge in [0, 0.05) is 0 Å². The first-order chi connectivity index (χ1) is 8.24. The van der Waals surface area contributed by atoms with E-state index in [2.05, 4.69) is 42.5 Å². The predicted molar refractivity (Wildman–Crippen MR) is 71.1 cm³/mol. The van der Waals surface area contributed by atoms with Gasteiger partial charge >= 0.3 is 0 Å². The van der Waals surface area contributed by atoms with Crippen molar-refractivity contribution >= 4 is 10.8 Å². The molecule has 0 aromatic heterocycles. The van der Waals surface area contributed by atoms with Crippen LogP contribution in [0.2, 0.25) is 0 Å². The molecule has 0 saturated heterocycles. The fourth-order valence-electron chi connectivity index (χ4n) is 2.79. The molecule has 3 atom stereocenters. The first kappa shape index (κ1) is 10.8. The van der Waals surface area contributed by atoms with Crippen molar-refractivity contribution in [1.82, 2.24) is 0 Å². The highest BCUT2D eigenvalue weighted by atomic mass is 16.3. The molecule has 0 bridgehead atoms. The van der Waals surface area contributed by atoms with E-state index in [0.717, 1.165) is 6.42 Å². The lowest BCUT2D eigenvalue weighted by Crippen LogP contribution is -2.00. The van der Waals surface area contributed by atoms with Crippen molar-refractivity contribution < 1.29 is 5.11 Å². The lowest BCUT2D eigenvalue weighted by Gasteiger charge is -2.05. The van der Waals surface area contributed by atoms with Crippen LogP contribution >= 0.6 is 0 Å². The van der Waals surface area contributed by atoms with Gasteiger partial charge in [0.15, 0.2) is 0 Å². The van der Waals surface area contributed by atoms with Crippen LogP contribution in [-0.2, 0) is 0 Å². The molecule has 0 spiro atoms. The summed E-state index contributed by atoms with van der Waals surface area (Å²) in [5, 5.41) is 12.0. The Kier molecular flexibility index (Phi) is 2.64. The third-order valence-corrected chi connectivity index (χ3v) is 3.77. The van der Waals surface area contributed by atoms with Gasteiger partial charge in [0.25, 0.3) is 0 Å². The molecule has 1 saturated carbocycles. The molecule has 88 valence electrons. The smallest absolute Gasteiger partial charge is 0.0515 e. The van der Waals surface area contributed by atoms with E-state index >= 15 is 0 Å². The first-order valence-electron chi connectivity index (χ1n) is 6.41. The zero-order valence-electron chi connectivity index (χ0n) is 10.1. The van der Waals surface area contributed by atoms with E-state index in [0.29, 0.717) is 11.8 Å². The van der Waals surface area contributed by atoms with Crippen LogP contribution in [0.25, 0.3) is 10.8 Å². The molecular weight excluding hydrogens is 208 g/mol. The predicted octanol–water partition coefficient (Wildman–Crippen LogP) is 3.71. The number of aliphatic hydroxyl groups is 1. The van der Waals surface area contributed by atoms with Crippen LogP contribution in [0.5, 0.6) is 0 Å². The van der Waals surface area contributed by atoms with E-state index in [4.69, 9.17) is 0 Å². The Morgan fingerprint density at radius 2 is 1.94 bits per heavy atom. The number of fused-ring (bicyclic) bond motifs is 1. The fraction of sp³-hybridized carbons (Fsp3) is 0.375. The summed E-state index contributed by atoms with van der Waals surface area (Å²) in [6.45, 7) is 1.88. The molecular formula is C16H18O. The monoisotopic (exact) mass is 226 g/mol. The minimum absolute atomic E-state index is 0.162. The average molecular weight is 226 g/mol. The second-order valence-electron chi connectivity index (χ2n) is 5.29. The number of hydrogen-bond donors (Lipinski definition) is 1. The second-order valence-corrected chi connectivity index (χ2v) is 5.29. The van der Waals surface area contributed by atoms with Crippen LogP contribution in [0, 0.1) is 5.92 Å². The zero-order chi connectivity index (χ0) is 11.8. The van der Waals surface area contributed by atoms with Gasteiger partial charge in [-0.3, -0.25) is 0 Å². The van der Waals surface area contributed by atoms with Gasteiger partial charge in [-0.05, 0) is 47.9 Å². The molecule has 0 amide bonds. The van der Waals surface area contributed by atoms with E-state index in [9.17, 15) is 5.11 Å². The molecule has 17 heavy (non-hydrogen) atoms. The van der Waals surface area contributed by atoms with E-state index in [1.807, 2.05) is 6.92 Å². The maximum absolute atomic E-state index is 9.40. The Morgan fingerprint density at radius 1 is 1.18 bits per heavy atom. The lowest BCUT2D eigenvalue weighted by atomic mass is 10.0. The quantitative estimate of drug-likeness (QED) is 0.845. The van der Waals surface area contributed by atoms with Crippen molar-refractivity contribution in [2.75, 3.05) is 0 Å². The molecule has 1 nitrogen and oxygen atoms in total. The van der Waals surface area contributed by atoms with Crippen LogP contribution < -0.4 is 0 Å². The van der Waals surface area contributed by atoms with Gasteiger partial charge in [0.2, 0.25) is 0 Å². The Balaban J connectivity index is 1.83. The zero-order valence-corrected chi connectivity index (χ0v) is 10.1. The van der Waals surface area contributed by atoms with Crippen LogP contribution in [0.1, 0.15) is 31.2 Å². The molecule has 1 N–H and O–H groups in total. The molecule has 0 aliphatic heterocycles. The molecule has 1 aliphatic carbocycles. The second kappa shape index (κ2) is 4.15. The van der Waals surface area contributed by atoms with Crippen molar-refractivity contribution in [3.63, 3.8) is 0 Å². The summed E-state index contributed by atoms with van der Waals surface area (Å²) in [5.41, 5.74) is 1.44. The molecule has 3 rings (SSSR count). The molecule has 1 unspecified atom stereocenters.